The molecule has 0 bridgehead atoms. The Balaban J connectivity index is 1.21. The number of hydrogen-bond acceptors (Lipinski definition) is 1. The summed E-state index contributed by atoms with van der Waals surface area (Å²) in [6, 6.07) is 65.6. The lowest BCUT2D eigenvalue weighted by atomic mass is 9.86. The van der Waals surface area contributed by atoms with Crippen LogP contribution in [0.5, 0.6) is 0 Å². The van der Waals surface area contributed by atoms with Crippen LogP contribution < -0.4 is 4.90 Å². The Morgan fingerprint density at radius 2 is 0.926 bits per heavy atom. The first-order chi connectivity index (χ1) is 26.3. The van der Waals surface area contributed by atoms with Gasteiger partial charge in [-0.2, -0.15) is 0 Å². The largest absolute Gasteiger partial charge is 0.309 e. The van der Waals surface area contributed by atoms with Gasteiger partial charge in [-0.1, -0.05) is 172 Å². The quantitative estimate of drug-likeness (QED) is 0.128. The van der Waals surface area contributed by atoms with Gasteiger partial charge in [0.05, 0.1) is 5.69 Å². The van der Waals surface area contributed by atoms with Gasteiger partial charge in [0.15, 0.2) is 0 Å². The lowest BCUT2D eigenvalue weighted by molar-refractivity contribution is 0.590. The molecule has 1 heteroatoms. The molecule has 0 spiro atoms. The Labute approximate surface area is 317 Å². The molecule has 0 saturated carbocycles. The van der Waals surface area contributed by atoms with Crippen LogP contribution >= 0.6 is 0 Å². The minimum absolute atomic E-state index is 0.0698. The van der Waals surface area contributed by atoms with Gasteiger partial charge in [0.25, 0.3) is 0 Å². The molecule has 0 atom stereocenters. The highest BCUT2D eigenvalue weighted by molar-refractivity contribution is 6.26. The van der Waals surface area contributed by atoms with Gasteiger partial charge < -0.3 is 4.90 Å². The minimum atomic E-state index is 0.0698. The van der Waals surface area contributed by atoms with Crippen molar-refractivity contribution in [2.75, 3.05) is 4.90 Å². The van der Waals surface area contributed by atoms with Crippen molar-refractivity contribution < 1.29 is 0 Å². The zero-order chi connectivity index (χ0) is 36.6. The summed E-state index contributed by atoms with van der Waals surface area (Å²) in [6.07, 6.45) is 0. The third-order valence-electron chi connectivity index (χ3n) is 11.4. The molecule has 0 aliphatic rings. The molecular formula is C53H41N. The fraction of sp³-hybridized carbons (Fsp3) is 0.0943. The summed E-state index contributed by atoms with van der Waals surface area (Å²) in [5, 5.41) is 12.8. The van der Waals surface area contributed by atoms with Crippen LogP contribution in [0.15, 0.2) is 176 Å². The van der Waals surface area contributed by atoms with Crippen molar-refractivity contribution in [2.45, 2.75) is 33.1 Å². The van der Waals surface area contributed by atoms with Crippen molar-refractivity contribution in [3.05, 3.63) is 187 Å². The van der Waals surface area contributed by atoms with Gasteiger partial charge in [-0.3, -0.25) is 0 Å². The summed E-state index contributed by atoms with van der Waals surface area (Å²) in [6.45, 7) is 8.98. The van der Waals surface area contributed by atoms with E-state index in [4.69, 9.17) is 0 Å². The lowest BCUT2D eigenvalue weighted by Crippen LogP contribution is -2.14. The highest BCUT2D eigenvalue weighted by atomic mass is 15.1. The maximum Gasteiger partial charge on any atom is 0.0618 e. The second kappa shape index (κ2) is 12.3. The molecular weight excluding hydrogens is 651 g/mol. The number of rotatable bonds is 5. The summed E-state index contributed by atoms with van der Waals surface area (Å²) in [4.78, 5) is 2.46. The predicted octanol–water partition coefficient (Wildman–Crippen LogP) is 15.3. The van der Waals surface area contributed by atoms with Crippen LogP contribution in [0, 0.1) is 6.92 Å². The van der Waals surface area contributed by atoms with E-state index in [0.717, 1.165) is 11.4 Å². The number of fused-ring (bicyclic) bond motifs is 2. The number of benzene rings is 10. The van der Waals surface area contributed by atoms with Gasteiger partial charge in [-0.05, 0) is 114 Å². The Morgan fingerprint density at radius 1 is 0.407 bits per heavy atom. The van der Waals surface area contributed by atoms with E-state index in [1.54, 1.807) is 0 Å². The van der Waals surface area contributed by atoms with E-state index in [1.807, 2.05) is 0 Å². The Kier molecular flexibility index (Phi) is 7.35. The molecule has 0 fully saturated rings. The topological polar surface area (TPSA) is 3.24 Å². The average molecular weight is 692 g/mol. The fourth-order valence-electron chi connectivity index (χ4n) is 8.70. The number of aryl methyl sites for hydroxylation is 1. The Bertz CT molecular complexity index is 2940. The Morgan fingerprint density at radius 3 is 1.56 bits per heavy atom. The second-order valence-electron chi connectivity index (χ2n) is 15.8. The van der Waals surface area contributed by atoms with E-state index in [0.29, 0.717) is 0 Å². The van der Waals surface area contributed by atoms with Crippen LogP contribution in [0.2, 0.25) is 0 Å². The molecule has 10 aromatic carbocycles. The van der Waals surface area contributed by atoms with Crippen LogP contribution in [0.1, 0.15) is 31.9 Å². The number of nitrogens with zero attached hydrogens (tertiary/aromatic N) is 1. The molecule has 0 aromatic heterocycles. The molecule has 0 aliphatic carbocycles. The van der Waals surface area contributed by atoms with Crippen molar-refractivity contribution in [2.24, 2.45) is 0 Å². The Hall–Kier alpha value is -6.44. The predicted molar refractivity (Wildman–Crippen MR) is 234 cm³/mol. The molecule has 0 aliphatic heterocycles. The normalized spacial score (nSPS) is 12.1. The first-order valence-electron chi connectivity index (χ1n) is 19.0. The van der Waals surface area contributed by atoms with Crippen molar-refractivity contribution >= 4 is 70.9 Å². The van der Waals surface area contributed by atoms with E-state index in [9.17, 15) is 0 Å². The molecule has 54 heavy (non-hydrogen) atoms. The van der Waals surface area contributed by atoms with E-state index in [-0.39, 0.29) is 5.41 Å². The van der Waals surface area contributed by atoms with Crippen LogP contribution in [-0.2, 0) is 5.41 Å². The van der Waals surface area contributed by atoms with Gasteiger partial charge in [0.1, 0.15) is 0 Å². The molecule has 0 saturated heterocycles. The first-order valence-corrected chi connectivity index (χ1v) is 19.0. The maximum atomic E-state index is 2.46. The summed E-state index contributed by atoms with van der Waals surface area (Å²) in [7, 11) is 0. The third-order valence-corrected chi connectivity index (χ3v) is 11.4. The third kappa shape index (κ3) is 5.15. The molecule has 0 amide bonds. The molecule has 0 radical (unpaired) electrons. The highest BCUT2D eigenvalue weighted by Gasteiger charge is 2.23. The van der Waals surface area contributed by atoms with Crippen molar-refractivity contribution in [3.8, 4) is 22.3 Å². The molecule has 258 valence electrons. The van der Waals surface area contributed by atoms with Gasteiger partial charge in [-0.25, -0.2) is 0 Å². The minimum Gasteiger partial charge on any atom is -0.309 e. The summed E-state index contributed by atoms with van der Waals surface area (Å²) >= 11 is 0. The summed E-state index contributed by atoms with van der Waals surface area (Å²) < 4.78 is 0. The van der Waals surface area contributed by atoms with Gasteiger partial charge >= 0.3 is 0 Å². The van der Waals surface area contributed by atoms with Crippen molar-refractivity contribution in [3.63, 3.8) is 0 Å². The van der Waals surface area contributed by atoms with Crippen LogP contribution in [0.4, 0.5) is 17.1 Å². The van der Waals surface area contributed by atoms with Crippen LogP contribution in [0.3, 0.4) is 0 Å². The smallest absolute Gasteiger partial charge is 0.0618 e. The fourth-order valence-corrected chi connectivity index (χ4v) is 8.70. The molecule has 10 aromatic rings. The molecule has 0 unspecified atom stereocenters. The first kappa shape index (κ1) is 32.2. The summed E-state index contributed by atoms with van der Waals surface area (Å²) in [5.41, 5.74) is 11.1. The molecule has 0 heterocycles. The van der Waals surface area contributed by atoms with E-state index in [2.05, 4.69) is 209 Å². The maximum absolute atomic E-state index is 2.46. The van der Waals surface area contributed by atoms with E-state index < -0.39 is 0 Å². The zero-order valence-electron chi connectivity index (χ0n) is 31.2. The van der Waals surface area contributed by atoms with Crippen LogP contribution in [-0.4, -0.2) is 0 Å². The number of hydrogen-bond donors (Lipinski definition) is 0. The average Bonchev–Trinajstić information content (AvgIpc) is 3.20. The van der Waals surface area contributed by atoms with Crippen LogP contribution in [0.25, 0.3) is 76.1 Å². The van der Waals surface area contributed by atoms with Gasteiger partial charge in [0.2, 0.25) is 0 Å². The lowest BCUT2D eigenvalue weighted by Gasteiger charge is -2.30. The molecule has 0 N–H and O–H groups in total. The van der Waals surface area contributed by atoms with Gasteiger partial charge in [0, 0.05) is 22.1 Å². The monoisotopic (exact) mass is 691 g/mol. The van der Waals surface area contributed by atoms with E-state index in [1.165, 1.54) is 92.9 Å². The highest BCUT2D eigenvalue weighted by Crippen LogP contribution is 2.49. The number of anilines is 3. The standard InChI is InChI=1S/C53H41N/c1-34-19-27-41(28-20-34)54(42-29-25-40(26-30-42)53(2,3)4)52-47-17-7-5-15-44(47)50(45-16-6-8-18-48(45)52)39-14-10-13-38(33-39)43-31-23-37-22-21-35-11-9-12-36-24-32-46(43)51(37)49(35)36/h5-33H,1-4H3. The second-order valence-corrected chi connectivity index (χ2v) is 15.8. The van der Waals surface area contributed by atoms with Crippen molar-refractivity contribution in [1.29, 1.82) is 0 Å². The van der Waals surface area contributed by atoms with Gasteiger partial charge in [-0.15, -0.1) is 0 Å². The summed E-state index contributed by atoms with van der Waals surface area (Å²) in [5.74, 6) is 0. The zero-order valence-corrected chi connectivity index (χ0v) is 31.2. The van der Waals surface area contributed by atoms with Crippen molar-refractivity contribution in [1.82, 2.24) is 0 Å². The molecule has 1 nitrogen and oxygen atoms in total. The molecule has 10 rings (SSSR count). The van der Waals surface area contributed by atoms with E-state index >= 15 is 0 Å². The SMILES string of the molecule is Cc1ccc(N(c2ccc(C(C)(C)C)cc2)c2c3ccccc3c(-c3cccc(-c4ccc5ccc6cccc7ccc4c5c67)c3)c3ccccc23)cc1.